The van der Waals surface area contributed by atoms with Crippen molar-refractivity contribution >= 4 is 0 Å². The molecule has 0 aromatic carbocycles. The number of aliphatic hydroxyl groups is 1. The van der Waals surface area contributed by atoms with Gasteiger partial charge in [-0.15, -0.1) is 0 Å². The molecule has 1 saturated heterocycles. The highest BCUT2D eigenvalue weighted by Gasteiger charge is 2.44. The Morgan fingerprint density at radius 3 is 2.31 bits per heavy atom. The number of rotatable bonds is 0. The predicted molar refractivity (Wildman–Crippen MR) is 44.6 cm³/mol. The highest BCUT2D eigenvalue weighted by Crippen LogP contribution is 2.37. The van der Waals surface area contributed by atoms with Crippen molar-refractivity contribution < 1.29 is 19.6 Å². The van der Waals surface area contributed by atoms with E-state index in [-0.39, 0.29) is 6.61 Å². The lowest BCUT2D eigenvalue weighted by Gasteiger charge is -2.42. The molecule has 76 valence electrons. The highest BCUT2D eigenvalue weighted by atomic mass is 17.3. The average Bonchev–Trinajstić information content (AvgIpc) is 2.13. The van der Waals surface area contributed by atoms with E-state index in [2.05, 4.69) is 0 Å². The first-order valence-electron chi connectivity index (χ1n) is 4.85. The molecule has 2 rings (SSSR count). The molecular formula is C9H16O4. The Bertz CT molecular complexity index is 172. The number of hydrogen-bond donors (Lipinski definition) is 1. The molecule has 2 fully saturated rings. The zero-order valence-electron chi connectivity index (χ0n) is 7.91. The first kappa shape index (κ1) is 9.40. The average molecular weight is 188 g/mol. The Kier molecular flexibility index (Phi) is 2.32. The van der Waals surface area contributed by atoms with Crippen molar-refractivity contribution in [2.75, 3.05) is 6.61 Å². The van der Waals surface area contributed by atoms with Crippen molar-refractivity contribution in [2.45, 2.75) is 50.6 Å². The van der Waals surface area contributed by atoms with E-state index in [1.165, 1.54) is 13.3 Å². The summed E-state index contributed by atoms with van der Waals surface area (Å²) >= 11 is 0. The molecule has 0 aromatic rings. The van der Waals surface area contributed by atoms with E-state index in [4.69, 9.17) is 14.5 Å². The monoisotopic (exact) mass is 188 g/mol. The molecule has 1 aliphatic carbocycles. The molecule has 1 heterocycles. The van der Waals surface area contributed by atoms with Gasteiger partial charge in [0.25, 0.3) is 0 Å². The van der Waals surface area contributed by atoms with E-state index in [1.54, 1.807) is 0 Å². The Balaban J connectivity index is 1.95. The van der Waals surface area contributed by atoms with E-state index in [1.807, 2.05) is 0 Å². The summed E-state index contributed by atoms with van der Waals surface area (Å²) in [5, 5.41) is 9.42. The van der Waals surface area contributed by atoms with Gasteiger partial charge in [-0.25, -0.2) is 0 Å². The van der Waals surface area contributed by atoms with Crippen LogP contribution in [0.5, 0.6) is 0 Å². The summed E-state index contributed by atoms with van der Waals surface area (Å²) in [7, 11) is 0. The molecule has 2 aliphatic rings. The second-order valence-electron chi connectivity index (χ2n) is 4.10. The summed E-state index contributed by atoms with van der Waals surface area (Å²) in [6.45, 7) is 1.72. The van der Waals surface area contributed by atoms with Crippen molar-refractivity contribution in [3.8, 4) is 0 Å². The molecule has 0 amide bonds. The summed E-state index contributed by atoms with van der Waals surface area (Å²) in [6.07, 6.45) is 5.16. The molecule has 4 nitrogen and oxygen atoms in total. The van der Waals surface area contributed by atoms with Crippen molar-refractivity contribution in [3.05, 3.63) is 0 Å². The second kappa shape index (κ2) is 3.20. The van der Waals surface area contributed by atoms with Gasteiger partial charge in [0.15, 0.2) is 0 Å². The SMILES string of the molecule is CC1(O)COC2(CCCCC2)OO1. The maximum Gasteiger partial charge on any atom is 0.220 e. The third kappa shape index (κ3) is 2.02. The van der Waals surface area contributed by atoms with Gasteiger partial charge in [-0.3, -0.25) is 0 Å². The standard InChI is InChI=1S/C9H16O4/c1-8(10)7-11-9(13-12-8)5-3-2-4-6-9/h10H,2-7H2,1H3. The van der Waals surface area contributed by atoms with Crippen LogP contribution in [0.2, 0.25) is 0 Å². The van der Waals surface area contributed by atoms with Gasteiger partial charge in [0.1, 0.15) is 6.61 Å². The van der Waals surface area contributed by atoms with Crippen LogP contribution in [0.15, 0.2) is 0 Å². The molecule has 0 bridgehead atoms. The molecule has 1 N–H and O–H groups in total. The van der Waals surface area contributed by atoms with Crippen LogP contribution in [0.1, 0.15) is 39.0 Å². The lowest BCUT2D eigenvalue weighted by atomic mass is 9.94. The normalized spacial score (nSPS) is 39.2. The van der Waals surface area contributed by atoms with E-state index in [0.717, 1.165) is 25.7 Å². The number of ether oxygens (including phenoxy) is 1. The van der Waals surface area contributed by atoms with Crippen molar-refractivity contribution in [2.24, 2.45) is 0 Å². The smallest absolute Gasteiger partial charge is 0.220 e. The second-order valence-corrected chi connectivity index (χ2v) is 4.10. The summed E-state index contributed by atoms with van der Waals surface area (Å²) in [5.74, 6) is -1.86. The zero-order valence-corrected chi connectivity index (χ0v) is 7.91. The molecule has 1 atom stereocenters. The molecule has 13 heavy (non-hydrogen) atoms. The van der Waals surface area contributed by atoms with Crippen molar-refractivity contribution in [1.29, 1.82) is 0 Å². The Hall–Kier alpha value is -0.160. The Morgan fingerprint density at radius 1 is 1.08 bits per heavy atom. The van der Waals surface area contributed by atoms with Gasteiger partial charge in [0.05, 0.1) is 0 Å². The molecule has 1 spiro atoms. The third-order valence-corrected chi connectivity index (χ3v) is 2.59. The van der Waals surface area contributed by atoms with Gasteiger partial charge in [-0.05, 0) is 19.8 Å². The lowest BCUT2D eigenvalue weighted by molar-refractivity contribution is -0.547. The largest absolute Gasteiger partial charge is 0.362 e. The van der Waals surface area contributed by atoms with Crippen LogP contribution in [0.25, 0.3) is 0 Å². The fourth-order valence-electron chi connectivity index (χ4n) is 1.80. The van der Waals surface area contributed by atoms with Crippen LogP contribution >= 0.6 is 0 Å². The lowest BCUT2D eigenvalue weighted by Crippen LogP contribution is -2.51. The van der Waals surface area contributed by atoms with Crippen LogP contribution in [0, 0.1) is 0 Å². The van der Waals surface area contributed by atoms with Gasteiger partial charge >= 0.3 is 0 Å². The fourth-order valence-corrected chi connectivity index (χ4v) is 1.80. The molecule has 1 unspecified atom stereocenters. The summed E-state index contributed by atoms with van der Waals surface area (Å²) < 4.78 is 5.52. The van der Waals surface area contributed by atoms with Gasteiger partial charge in [0.2, 0.25) is 11.6 Å². The minimum absolute atomic E-state index is 0.188. The number of hydrogen-bond acceptors (Lipinski definition) is 4. The van der Waals surface area contributed by atoms with Gasteiger partial charge in [-0.1, -0.05) is 6.42 Å². The third-order valence-electron chi connectivity index (χ3n) is 2.59. The summed E-state index contributed by atoms with van der Waals surface area (Å²) in [4.78, 5) is 10.0. The van der Waals surface area contributed by atoms with Crippen LogP contribution in [0.3, 0.4) is 0 Å². The van der Waals surface area contributed by atoms with Gasteiger partial charge in [0, 0.05) is 12.8 Å². The van der Waals surface area contributed by atoms with E-state index < -0.39 is 11.6 Å². The van der Waals surface area contributed by atoms with E-state index >= 15 is 0 Å². The van der Waals surface area contributed by atoms with Crippen LogP contribution in [-0.2, 0) is 14.5 Å². The molecular weight excluding hydrogens is 172 g/mol. The highest BCUT2D eigenvalue weighted by molar-refractivity contribution is 4.77. The van der Waals surface area contributed by atoms with E-state index in [0.29, 0.717) is 0 Å². The minimum atomic E-state index is -1.29. The van der Waals surface area contributed by atoms with Crippen LogP contribution in [0.4, 0.5) is 0 Å². The van der Waals surface area contributed by atoms with Crippen LogP contribution in [-0.4, -0.2) is 23.3 Å². The maximum atomic E-state index is 9.42. The molecule has 0 radical (unpaired) electrons. The molecule has 1 aliphatic heterocycles. The summed E-state index contributed by atoms with van der Waals surface area (Å²) in [5.41, 5.74) is 0. The topological polar surface area (TPSA) is 47.9 Å². The Labute approximate surface area is 77.7 Å². The fraction of sp³-hybridized carbons (Fsp3) is 1.00. The quantitative estimate of drug-likeness (QED) is 0.583. The molecule has 0 aromatic heterocycles. The Morgan fingerprint density at radius 2 is 1.77 bits per heavy atom. The van der Waals surface area contributed by atoms with Crippen molar-refractivity contribution in [3.63, 3.8) is 0 Å². The first-order valence-corrected chi connectivity index (χ1v) is 4.85. The summed E-state index contributed by atoms with van der Waals surface area (Å²) in [6, 6.07) is 0. The minimum Gasteiger partial charge on any atom is -0.362 e. The van der Waals surface area contributed by atoms with Crippen molar-refractivity contribution in [1.82, 2.24) is 0 Å². The molecule has 1 saturated carbocycles. The molecule has 4 heteroatoms. The first-order chi connectivity index (χ1) is 6.12. The van der Waals surface area contributed by atoms with E-state index in [9.17, 15) is 5.11 Å². The zero-order chi connectivity index (χ0) is 9.36. The van der Waals surface area contributed by atoms with Gasteiger partial charge < -0.3 is 9.84 Å². The predicted octanol–water partition coefficient (Wildman–Crippen LogP) is 1.33. The van der Waals surface area contributed by atoms with Crippen LogP contribution < -0.4 is 0 Å². The maximum absolute atomic E-state index is 9.42. The van der Waals surface area contributed by atoms with Gasteiger partial charge in [-0.2, -0.15) is 9.78 Å².